The predicted molar refractivity (Wildman–Crippen MR) is 142 cm³/mol. The fourth-order valence-electron chi connectivity index (χ4n) is 6.90. The van der Waals surface area contributed by atoms with Gasteiger partial charge in [-0.15, -0.1) is 0 Å². The lowest BCUT2D eigenvalue weighted by molar-refractivity contribution is 0.172. The van der Waals surface area contributed by atoms with E-state index < -0.39 is 0 Å². The van der Waals surface area contributed by atoms with Gasteiger partial charge in [0.15, 0.2) is 0 Å². The number of hydrogen-bond acceptors (Lipinski definition) is 0. The van der Waals surface area contributed by atoms with Crippen LogP contribution in [-0.2, 0) is 0 Å². The monoisotopic (exact) mass is 332 g/mol. The Bertz CT molecular complexity index is 488. The summed E-state index contributed by atoms with van der Waals surface area (Å²) in [6, 6.07) is 0. The van der Waals surface area contributed by atoms with E-state index in [4.69, 9.17) is 0 Å². The Balaban J connectivity index is 3.52. The second-order valence-electron chi connectivity index (χ2n) is 11.9. The summed E-state index contributed by atoms with van der Waals surface area (Å²) in [7, 11) is 23.1. The van der Waals surface area contributed by atoms with E-state index in [0.717, 1.165) is 0 Å². The normalized spacial score (nSPS) is 36.7. The zero-order valence-electron chi connectivity index (χ0n) is 20.1. The van der Waals surface area contributed by atoms with Crippen LogP contribution in [-0.4, -0.2) is 70.6 Å². The van der Waals surface area contributed by atoms with Gasteiger partial charge in [0, 0.05) is 0 Å². The molecule has 0 aliphatic heterocycles. The molecule has 0 aromatic carbocycles. The molecule has 1 aliphatic rings. The third-order valence-corrected chi connectivity index (χ3v) is 11.3. The van der Waals surface area contributed by atoms with Gasteiger partial charge in [0.2, 0.25) is 0 Å². The Morgan fingerprint density at radius 3 is 1.72 bits per heavy atom. The quantitative estimate of drug-likeness (QED) is 0.349. The third kappa shape index (κ3) is 2.83. The Kier molecular flexibility index (Phi) is 6.50. The highest BCUT2D eigenvalue weighted by Gasteiger charge is 2.71. The van der Waals surface area contributed by atoms with Gasteiger partial charge in [0.25, 0.3) is 0 Å². The van der Waals surface area contributed by atoms with E-state index in [2.05, 4.69) is 98.3 Å². The summed E-state index contributed by atoms with van der Waals surface area (Å²) in [4.78, 5) is 0. The van der Waals surface area contributed by atoms with Gasteiger partial charge in [-0.3, -0.25) is 0 Å². The van der Waals surface area contributed by atoms with Crippen LogP contribution in [0.5, 0.6) is 0 Å². The molecule has 1 fully saturated rings. The zero-order valence-corrected chi connectivity index (χ0v) is 20.1. The molecule has 0 N–H and O–H groups in total. The molecule has 0 saturated heterocycles. The van der Waals surface area contributed by atoms with Crippen molar-refractivity contribution in [3.05, 3.63) is 0 Å². The van der Waals surface area contributed by atoms with E-state index in [1.54, 1.807) is 0 Å². The molecule has 132 valence electrons. The van der Waals surface area contributed by atoms with Gasteiger partial charge in [-0.1, -0.05) is 85.5 Å². The molecule has 0 amide bonds. The molecule has 1 aliphatic carbocycles. The molecule has 0 aromatic rings. The minimum atomic E-state index is 0.285. The van der Waals surface area contributed by atoms with E-state index in [-0.39, 0.29) is 10.5 Å². The van der Waals surface area contributed by atoms with Crippen molar-refractivity contribution in [3.63, 3.8) is 0 Å². The van der Waals surface area contributed by atoms with Crippen LogP contribution in [0.2, 0.25) is 32.1 Å². The molecule has 0 bridgehead atoms. The molecule has 1 rings (SSSR count). The fraction of sp³-hybridized carbons (Fsp3) is 1.00. The molecule has 0 aromatic heterocycles. The van der Waals surface area contributed by atoms with Crippen LogP contribution >= 0.6 is 0 Å². The van der Waals surface area contributed by atoms with Crippen molar-refractivity contribution in [3.8, 4) is 0 Å². The summed E-state index contributed by atoms with van der Waals surface area (Å²) < 4.78 is 0. The van der Waals surface area contributed by atoms with Crippen molar-refractivity contribution >= 4 is 70.6 Å². The standard InChI is InChI=1S/C16H41B9/c1-5-7-8-9-11(3,6-2)15(22,23)13(19)10(17)14(20,21)16(24,25)12(13,4)18/h10H,5-9,17-25H2,1-4H3. The molecular formula is C16H41B9. The lowest BCUT2D eigenvalue weighted by atomic mass is 9.17. The lowest BCUT2D eigenvalue weighted by Crippen LogP contribution is -2.50. The van der Waals surface area contributed by atoms with Crippen LogP contribution < -0.4 is 0 Å². The average Bonchev–Trinajstić information content (AvgIpc) is 2.58. The van der Waals surface area contributed by atoms with Crippen molar-refractivity contribution in [2.45, 2.75) is 91.9 Å². The topological polar surface area (TPSA) is 0 Å². The first-order valence-electron chi connectivity index (χ1n) is 11.0. The Hall–Kier alpha value is 0.584. The van der Waals surface area contributed by atoms with Crippen molar-refractivity contribution in [1.82, 2.24) is 0 Å². The molecule has 0 spiro atoms. The van der Waals surface area contributed by atoms with E-state index >= 15 is 0 Å². The van der Waals surface area contributed by atoms with Gasteiger partial charge in [-0.2, -0.15) is 0 Å². The van der Waals surface area contributed by atoms with Gasteiger partial charge in [-0.25, -0.2) is 0 Å². The summed E-state index contributed by atoms with van der Waals surface area (Å²) in [5, 5.41) is 1.51. The average molecular weight is 331 g/mol. The molecule has 4 atom stereocenters. The third-order valence-electron chi connectivity index (χ3n) is 11.3. The van der Waals surface area contributed by atoms with Crippen molar-refractivity contribution < 1.29 is 0 Å². The van der Waals surface area contributed by atoms with Crippen molar-refractivity contribution in [1.29, 1.82) is 0 Å². The van der Waals surface area contributed by atoms with Crippen molar-refractivity contribution in [2.75, 3.05) is 0 Å². The fourth-order valence-corrected chi connectivity index (χ4v) is 6.90. The Morgan fingerprint density at radius 2 is 1.40 bits per heavy atom. The predicted octanol–water partition coefficient (Wildman–Crippen LogP) is -2.83. The largest absolute Gasteiger partial charge is 0.107 e. The highest BCUT2D eigenvalue weighted by Crippen LogP contribution is 2.89. The van der Waals surface area contributed by atoms with Crippen LogP contribution in [0.3, 0.4) is 0 Å². The van der Waals surface area contributed by atoms with Crippen LogP contribution in [0.25, 0.3) is 0 Å². The summed E-state index contributed by atoms with van der Waals surface area (Å²) >= 11 is 0. The molecule has 0 radical (unpaired) electrons. The van der Waals surface area contributed by atoms with Gasteiger partial charge in [0.1, 0.15) is 23.5 Å². The summed E-state index contributed by atoms with van der Waals surface area (Å²) in [5.41, 5.74) is 0.388. The number of hydrogen-bond donors (Lipinski definition) is 0. The van der Waals surface area contributed by atoms with E-state index in [9.17, 15) is 0 Å². The maximum atomic E-state index is 2.64. The lowest BCUT2D eigenvalue weighted by Gasteiger charge is -2.64. The van der Waals surface area contributed by atoms with Gasteiger partial charge < -0.3 is 0 Å². The molecule has 25 heavy (non-hydrogen) atoms. The minimum absolute atomic E-state index is 0.285. The van der Waals surface area contributed by atoms with E-state index in [1.807, 2.05) is 0 Å². The van der Waals surface area contributed by atoms with Crippen molar-refractivity contribution in [2.24, 2.45) is 5.41 Å². The molecule has 9 heteroatoms. The number of unbranched alkanes of at least 4 members (excludes halogenated alkanes) is 2. The highest BCUT2D eigenvalue weighted by atomic mass is 14.6. The Labute approximate surface area is 168 Å². The van der Waals surface area contributed by atoms with E-state index in [0.29, 0.717) is 27.0 Å². The van der Waals surface area contributed by atoms with E-state index in [1.165, 1.54) is 32.1 Å². The first-order valence-corrected chi connectivity index (χ1v) is 11.0. The summed E-state index contributed by atoms with van der Waals surface area (Å²) in [5.74, 6) is 0.692. The van der Waals surface area contributed by atoms with Crippen LogP contribution in [0.4, 0.5) is 0 Å². The molecule has 0 nitrogen and oxygen atoms in total. The molecular weight excluding hydrogens is 289 g/mol. The maximum Gasteiger partial charge on any atom is 0.107 e. The van der Waals surface area contributed by atoms with Gasteiger partial charge in [-0.05, 0) is 11.8 Å². The summed E-state index contributed by atoms with van der Waals surface area (Å²) in [6.07, 6.45) is 6.71. The number of rotatable bonds is 7. The first-order chi connectivity index (χ1) is 11.0. The smallest absolute Gasteiger partial charge is 0.0969 e. The maximum absolute atomic E-state index is 2.64. The SMILES string of the molecule is BC1C(B)(B)C(B)(B)C(B)(C)C1(B)C(B)(B)C(C)(CC)CCCCC. The second-order valence-corrected chi connectivity index (χ2v) is 11.9. The first kappa shape index (κ1) is 23.6. The van der Waals surface area contributed by atoms with Crippen LogP contribution in [0.15, 0.2) is 0 Å². The van der Waals surface area contributed by atoms with Crippen LogP contribution in [0, 0.1) is 5.41 Å². The minimum Gasteiger partial charge on any atom is -0.0969 e. The van der Waals surface area contributed by atoms with Gasteiger partial charge in [0.05, 0.1) is 47.1 Å². The zero-order chi connectivity index (χ0) is 20.1. The van der Waals surface area contributed by atoms with Crippen LogP contribution in [0.1, 0.15) is 59.8 Å². The van der Waals surface area contributed by atoms with Gasteiger partial charge >= 0.3 is 0 Å². The molecule has 0 heterocycles. The molecule has 1 saturated carbocycles. The highest BCUT2D eigenvalue weighted by molar-refractivity contribution is 6.63. The Morgan fingerprint density at radius 1 is 0.920 bits per heavy atom. The summed E-state index contributed by atoms with van der Waals surface area (Å²) in [6.45, 7) is 9.92. The molecule has 4 unspecified atom stereocenters. The second kappa shape index (κ2) is 6.88.